The highest BCUT2D eigenvalue weighted by atomic mass is 16.7. The van der Waals surface area contributed by atoms with Crippen molar-refractivity contribution >= 4 is 17.3 Å². The first-order valence-electron chi connectivity index (χ1n) is 8.74. The van der Waals surface area contributed by atoms with Crippen LogP contribution in [0.25, 0.3) is 0 Å². The molecule has 26 heavy (non-hydrogen) atoms. The van der Waals surface area contributed by atoms with E-state index in [-0.39, 0.29) is 18.6 Å². The minimum absolute atomic E-state index is 0.0134. The van der Waals surface area contributed by atoms with Crippen LogP contribution in [0, 0.1) is 0 Å². The fraction of sp³-hybridized carbons (Fsp3) is 0.350. The molecule has 0 bridgehead atoms. The number of nitrogens with zero attached hydrogens (tertiary/aromatic N) is 1. The van der Waals surface area contributed by atoms with Crippen molar-refractivity contribution in [1.29, 1.82) is 0 Å². The lowest BCUT2D eigenvalue weighted by molar-refractivity contribution is -0.116. The summed E-state index contributed by atoms with van der Waals surface area (Å²) in [6, 6.07) is 9.95. The monoisotopic (exact) mass is 354 g/mol. The van der Waals surface area contributed by atoms with Crippen LogP contribution < -0.4 is 24.4 Å². The molecule has 0 spiro atoms. The van der Waals surface area contributed by atoms with Crippen LogP contribution >= 0.6 is 0 Å². The summed E-state index contributed by atoms with van der Waals surface area (Å²) in [4.78, 5) is 14.4. The Morgan fingerprint density at radius 1 is 1.15 bits per heavy atom. The van der Waals surface area contributed by atoms with Gasteiger partial charge in [-0.15, -0.1) is 0 Å². The van der Waals surface area contributed by atoms with Gasteiger partial charge >= 0.3 is 0 Å². The number of fused-ring (bicyclic) bond motifs is 2. The number of carbonyl (C=O) groups is 1. The maximum Gasteiger partial charge on any atom is 0.231 e. The van der Waals surface area contributed by atoms with Gasteiger partial charge in [0.25, 0.3) is 0 Å². The molecule has 1 atom stereocenters. The highest BCUT2D eigenvalue weighted by Crippen LogP contribution is 2.46. The molecule has 0 saturated carbocycles. The van der Waals surface area contributed by atoms with E-state index in [0.717, 1.165) is 28.3 Å². The van der Waals surface area contributed by atoms with Crippen LogP contribution in [0.4, 0.5) is 11.4 Å². The topological polar surface area (TPSA) is 60.0 Å². The molecule has 1 N–H and O–H groups in total. The maximum absolute atomic E-state index is 12.3. The largest absolute Gasteiger partial charge is 0.493 e. The molecule has 0 aliphatic carbocycles. The Kier molecular flexibility index (Phi) is 4.11. The third kappa shape index (κ3) is 2.81. The molecule has 2 aromatic carbocycles. The Morgan fingerprint density at radius 2 is 1.92 bits per heavy atom. The molecule has 6 heteroatoms. The summed E-state index contributed by atoms with van der Waals surface area (Å²) in [6.07, 6.45) is 0.369. The van der Waals surface area contributed by atoms with Gasteiger partial charge in [0.2, 0.25) is 12.7 Å². The number of ether oxygens (including phenoxy) is 3. The van der Waals surface area contributed by atoms with Gasteiger partial charge in [-0.2, -0.15) is 0 Å². The number of hydrogen-bond acceptors (Lipinski definition) is 5. The second-order valence-corrected chi connectivity index (χ2v) is 6.65. The smallest absolute Gasteiger partial charge is 0.231 e. The first-order valence-corrected chi connectivity index (χ1v) is 8.74. The lowest BCUT2D eigenvalue weighted by atomic mass is 9.84. The van der Waals surface area contributed by atoms with E-state index in [4.69, 9.17) is 14.2 Å². The second kappa shape index (κ2) is 6.44. The van der Waals surface area contributed by atoms with E-state index in [1.165, 1.54) is 0 Å². The van der Waals surface area contributed by atoms with Gasteiger partial charge in [0, 0.05) is 55.5 Å². The molecular weight excluding hydrogens is 332 g/mol. The molecule has 0 saturated heterocycles. The minimum Gasteiger partial charge on any atom is -0.493 e. The summed E-state index contributed by atoms with van der Waals surface area (Å²) in [7, 11) is 3.99. The number of hydrogen-bond donors (Lipinski definition) is 1. The van der Waals surface area contributed by atoms with Gasteiger partial charge in [0.15, 0.2) is 11.5 Å². The lowest BCUT2D eigenvalue weighted by Gasteiger charge is -2.28. The summed E-state index contributed by atoms with van der Waals surface area (Å²) >= 11 is 0. The minimum atomic E-state index is -0.0917. The van der Waals surface area contributed by atoms with E-state index in [0.29, 0.717) is 24.5 Å². The predicted octanol–water partition coefficient (Wildman–Crippen LogP) is 3.35. The third-order valence-electron chi connectivity index (χ3n) is 4.77. The average molecular weight is 354 g/mol. The Labute approximate surface area is 152 Å². The van der Waals surface area contributed by atoms with E-state index < -0.39 is 0 Å². The summed E-state index contributed by atoms with van der Waals surface area (Å²) in [5.74, 6) is 2.08. The Morgan fingerprint density at radius 3 is 2.65 bits per heavy atom. The van der Waals surface area contributed by atoms with Crippen molar-refractivity contribution in [1.82, 2.24) is 0 Å². The van der Waals surface area contributed by atoms with Crippen molar-refractivity contribution in [2.45, 2.75) is 19.3 Å². The first kappa shape index (κ1) is 16.6. The molecule has 2 aliphatic heterocycles. The molecule has 2 aromatic rings. The van der Waals surface area contributed by atoms with Gasteiger partial charge in [0.1, 0.15) is 5.75 Å². The number of rotatable bonds is 4. The molecule has 1 amide bonds. The third-order valence-corrected chi connectivity index (χ3v) is 4.77. The summed E-state index contributed by atoms with van der Waals surface area (Å²) in [6.45, 7) is 2.74. The molecule has 6 nitrogen and oxygen atoms in total. The van der Waals surface area contributed by atoms with Crippen molar-refractivity contribution in [2.24, 2.45) is 0 Å². The molecule has 2 heterocycles. The fourth-order valence-electron chi connectivity index (χ4n) is 3.50. The molecular formula is C20H22N2O4. The van der Waals surface area contributed by atoms with Gasteiger partial charge in [-0.05, 0) is 24.6 Å². The van der Waals surface area contributed by atoms with Crippen molar-refractivity contribution in [3.8, 4) is 17.2 Å². The molecule has 4 rings (SSSR count). The SMILES string of the molecule is CCOc1cc(N(C)C)ccc1C1CC(=O)Nc2cc3c(cc21)OCO3. The van der Waals surface area contributed by atoms with Gasteiger partial charge in [-0.1, -0.05) is 6.07 Å². The number of amides is 1. The van der Waals surface area contributed by atoms with Crippen LogP contribution in [-0.2, 0) is 4.79 Å². The standard InChI is InChI=1S/C20H22N2O4/c1-4-24-17-7-12(22(2)3)5-6-13(17)14-9-20(23)21-16-10-19-18(8-15(14)16)25-11-26-19/h5-8,10,14H,4,9,11H2,1-3H3,(H,21,23). The van der Waals surface area contributed by atoms with E-state index in [1.807, 2.05) is 44.1 Å². The molecule has 1 unspecified atom stereocenters. The highest BCUT2D eigenvalue weighted by molar-refractivity contribution is 5.96. The first-order chi connectivity index (χ1) is 12.6. The molecule has 0 radical (unpaired) electrons. The number of benzene rings is 2. The Hall–Kier alpha value is -2.89. The second-order valence-electron chi connectivity index (χ2n) is 6.65. The normalized spacial score (nSPS) is 17.5. The van der Waals surface area contributed by atoms with Gasteiger partial charge < -0.3 is 24.4 Å². The van der Waals surface area contributed by atoms with E-state index in [9.17, 15) is 4.79 Å². The maximum atomic E-state index is 12.3. The van der Waals surface area contributed by atoms with Crippen LogP contribution in [-0.4, -0.2) is 33.4 Å². The number of nitrogens with one attached hydrogen (secondary N) is 1. The quantitative estimate of drug-likeness (QED) is 0.912. The van der Waals surface area contributed by atoms with Crippen molar-refractivity contribution < 1.29 is 19.0 Å². The molecule has 0 aromatic heterocycles. The van der Waals surface area contributed by atoms with Crippen LogP contribution in [0.1, 0.15) is 30.4 Å². The van der Waals surface area contributed by atoms with Gasteiger partial charge in [-0.3, -0.25) is 4.79 Å². The Balaban J connectivity index is 1.82. The number of anilines is 2. The summed E-state index contributed by atoms with van der Waals surface area (Å²) in [5.41, 5.74) is 3.86. The van der Waals surface area contributed by atoms with E-state index in [1.54, 1.807) is 0 Å². The van der Waals surface area contributed by atoms with Crippen LogP contribution in [0.3, 0.4) is 0 Å². The zero-order valence-corrected chi connectivity index (χ0v) is 15.2. The van der Waals surface area contributed by atoms with Gasteiger partial charge in [-0.25, -0.2) is 0 Å². The van der Waals surface area contributed by atoms with Gasteiger partial charge in [0.05, 0.1) is 6.61 Å². The van der Waals surface area contributed by atoms with Crippen molar-refractivity contribution in [3.05, 3.63) is 41.5 Å². The molecule has 2 aliphatic rings. The molecule has 136 valence electrons. The van der Waals surface area contributed by atoms with Crippen LogP contribution in [0.5, 0.6) is 17.2 Å². The zero-order valence-electron chi connectivity index (χ0n) is 15.2. The fourth-order valence-corrected chi connectivity index (χ4v) is 3.50. The van der Waals surface area contributed by atoms with E-state index >= 15 is 0 Å². The summed E-state index contributed by atoms with van der Waals surface area (Å²) in [5, 5.41) is 2.95. The van der Waals surface area contributed by atoms with Crippen molar-refractivity contribution in [3.63, 3.8) is 0 Å². The number of carbonyl (C=O) groups excluding carboxylic acids is 1. The Bertz CT molecular complexity index is 863. The van der Waals surface area contributed by atoms with Crippen LogP contribution in [0.2, 0.25) is 0 Å². The lowest BCUT2D eigenvalue weighted by Crippen LogP contribution is -2.24. The predicted molar refractivity (Wildman–Crippen MR) is 99.6 cm³/mol. The molecule has 0 fully saturated rings. The average Bonchev–Trinajstić information content (AvgIpc) is 3.06. The highest BCUT2D eigenvalue weighted by Gasteiger charge is 2.31. The summed E-state index contributed by atoms with van der Waals surface area (Å²) < 4.78 is 16.9. The van der Waals surface area contributed by atoms with E-state index in [2.05, 4.69) is 17.4 Å². The van der Waals surface area contributed by atoms with Crippen LogP contribution in [0.15, 0.2) is 30.3 Å². The van der Waals surface area contributed by atoms with Crippen molar-refractivity contribution in [2.75, 3.05) is 37.7 Å². The zero-order chi connectivity index (χ0) is 18.3.